The summed E-state index contributed by atoms with van der Waals surface area (Å²) >= 11 is 3.20. The van der Waals surface area contributed by atoms with E-state index in [-0.39, 0.29) is 12.2 Å². The molecule has 0 spiro atoms. The molecule has 1 aromatic carbocycles. The second-order valence-corrected chi connectivity index (χ2v) is 4.12. The number of carbonyl (C=O) groups is 1. The van der Waals surface area contributed by atoms with Crippen molar-refractivity contribution in [1.29, 1.82) is 0 Å². The van der Waals surface area contributed by atoms with Crippen LogP contribution in [-0.2, 0) is 4.74 Å². The van der Waals surface area contributed by atoms with E-state index in [9.17, 15) is 4.79 Å². The van der Waals surface area contributed by atoms with E-state index in [1.54, 1.807) is 12.1 Å². The van der Waals surface area contributed by atoms with Gasteiger partial charge in [0.2, 0.25) is 0 Å². The largest absolute Gasteiger partial charge is 0.459 e. The zero-order valence-electron chi connectivity index (χ0n) is 8.39. The first kappa shape index (κ1) is 13.0. The zero-order valence-corrected chi connectivity index (χ0v) is 9.98. The minimum Gasteiger partial charge on any atom is -0.459 e. The highest BCUT2D eigenvalue weighted by Gasteiger charge is 2.11. The third-order valence-corrected chi connectivity index (χ3v) is 2.23. The van der Waals surface area contributed by atoms with Crippen LogP contribution in [0.4, 0.5) is 5.69 Å². The summed E-state index contributed by atoms with van der Waals surface area (Å²) in [5.41, 5.74) is 6.28. The van der Waals surface area contributed by atoms with Gasteiger partial charge in [0, 0.05) is 10.2 Å². The number of carbonyl (C=O) groups excluding carboxylic acids is 1. The summed E-state index contributed by atoms with van der Waals surface area (Å²) in [5.74, 6) is -0.597. The maximum Gasteiger partial charge on any atom is 0.338 e. The molecule has 4 N–H and O–H groups in total. The molecule has 0 aliphatic carbocycles. The molecule has 1 rings (SSSR count). The molecule has 6 heteroatoms. The lowest BCUT2D eigenvalue weighted by molar-refractivity contribution is 0.00933. The predicted molar refractivity (Wildman–Crippen MR) is 61.9 cm³/mol. The van der Waals surface area contributed by atoms with Crippen LogP contribution in [0.3, 0.4) is 0 Å². The van der Waals surface area contributed by atoms with E-state index in [2.05, 4.69) is 15.9 Å². The fourth-order valence-corrected chi connectivity index (χ4v) is 1.55. The average Bonchev–Trinajstić information content (AvgIpc) is 2.23. The Kier molecular flexibility index (Phi) is 4.72. The number of esters is 1. The van der Waals surface area contributed by atoms with Crippen LogP contribution in [0.2, 0.25) is 0 Å². The van der Waals surface area contributed by atoms with Gasteiger partial charge in [0.25, 0.3) is 0 Å². The topological polar surface area (TPSA) is 92.8 Å². The van der Waals surface area contributed by atoms with Crippen molar-refractivity contribution in [2.45, 2.75) is 6.10 Å². The summed E-state index contributed by atoms with van der Waals surface area (Å²) in [5, 5.41) is 17.5. The normalized spacial score (nSPS) is 12.2. The molecule has 0 bridgehead atoms. The van der Waals surface area contributed by atoms with Crippen molar-refractivity contribution in [2.24, 2.45) is 0 Å². The molecular weight excluding hydrogens is 278 g/mol. The molecule has 88 valence electrons. The van der Waals surface area contributed by atoms with Crippen LogP contribution in [0.1, 0.15) is 10.4 Å². The number of hydrogen-bond donors (Lipinski definition) is 3. The van der Waals surface area contributed by atoms with Crippen molar-refractivity contribution in [1.82, 2.24) is 0 Å². The van der Waals surface area contributed by atoms with Crippen LogP contribution < -0.4 is 5.73 Å². The molecule has 16 heavy (non-hydrogen) atoms. The number of aliphatic hydroxyl groups is 2. The molecule has 0 amide bonds. The average molecular weight is 290 g/mol. The molecular formula is C10H12BrNO4. The van der Waals surface area contributed by atoms with Crippen LogP contribution in [0.25, 0.3) is 0 Å². The maximum absolute atomic E-state index is 11.5. The number of hydrogen-bond acceptors (Lipinski definition) is 5. The number of rotatable bonds is 4. The minimum absolute atomic E-state index is 0.248. The maximum atomic E-state index is 11.5. The van der Waals surface area contributed by atoms with Crippen LogP contribution in [0.15, 0.2) is 22.7 Å². The van der Waals surface area contributed by atoms with Gasteiger partial charge in [-0.25, -0.2) is 4.79 Å². The van der Waals surface area contributed by atoms with E-state index in [0.717, 1.165) is 0 Å². The highest BCUT2D eigenvalue weighted by Crippen LogP contribution is 2.17. The third kappa shape index (κ3) is 3.80. The monoisotopic (exact) mass is 289 g/mol. The predicted octanol–water partition coefficient (Wildman–Crippen LogP) is 0.541. The first-order valence-corrected chi connectivity index (χ1v) is 5.34. The molecule has 1 aromatic rings. The Morgan fingerprint density at radius 3 is 2.75 bits per heavy atom. The molecule has 5 nitrogen and oxygen atoms in total. The minimum atomic E-state index is -1.06. The number of benzene rings is 1. The highest BCUT2D eigenvalue weighted by molar-refractivity contribution is 9.10. The molecule has 0 aliphatic rings. The van der Waals surface area contributed by atoms with Gasteiger partial charge >= 0.3 is 5.97 Å². The lowest BCUT2D eigenvalue weighted by atomic mass is 10.2. The van der Waals surface area contributed by atoms with Crippen LogP contribution in [0.5, 0.6) is 0 Å². The summed E-state index contributed by atoms with van der Waals surface area (Å²) in [7, 11) is 0. The summed E-state index contributed by atoms with van der Waals surface area (Å²) in [6, 6.07) is 4.68. The third-order valence-electron chi connectivity index (χ3n) is 1.77. The molecule has 0 saturated carbocycles. The van der Waals surface area contributed by atoms with Crippen LogP contribution >= 0.6 is 15.9 Å². The van der Waals surface area contributed by atoms with Gasteiger partial charge in [-0.3, -0.25) is 0 Å². The molecule has 0 radical (unpaired) electrons. The van der Waals surface area contributed by atoms with Gasteiger partial charge in [0.05, 0.1) is 12.2 Å². The molecule has 1 unspecified atom stereocenters. The Morgan fingerprint density at radius 2 is 2.19 bits per heavy atom. The summed E-state index contributed by atoms with van der Waals surface area (Å²) < 4.78 is 5.43. The van der Waals surface area contributed by atoms with E-state index < -0.39 is 18.7 Å². The van der Waals surface area contributed by atoms with Crippen molar-refractivity contribution in [3.8, 4) is 0 Å². The second kappa shape index (κ2) is 5.83. The van der Waals surface area contributed by atoms with E-state index >= 15 is 0 Å². The summed E-state index contributed by atoms with van der Waals surface area (Å²) in [6.45, 7) is -0.699. The number of anilines is 1. The van der Waals surface area contributed by atoms with Crippen molar-refractivity contribution in [3.63, 3.8) is 0 Å². The highest BCUT2D eigenvalue weighted by atomic mass is 79.9. The number of nitrogens with two attached hydrogens (primary N) is 1. The first-order valence-electron chi connectivity index (χ1n) is 4.55. The molecule has 1 atom stereocenters. The fraction of sp³-hybridized carbons (Fsp3) is 0.300. The lowest BCUT2D eigenvalue weighted by Gasteiger charge is -2.09. The van der Waals surface area contributed by atoms with Crippen LogP contribution in [-0.4, -0.2) is 35.5 Å². The fourth-order valence-electron chi connectivity index (χ4n) is 1.04. The molecule has 0 saturated heterocycles. The molecule has 0 aromatic heterocycles. The SMILES string of the molecule is Nc1cc(Br)cc(C(=O)OCC(O)CO)c1. The second-order valence-electron chi connectivity index (χ2n) is 3.21. The molecule has 0 aliphatic heterocycles. The van der Waals surface area contributed by atoms with Crippen molar-refractivity contribution >= 4 is 27.6 Å². The van der Waals surface area contributed by atoms with Gasteiger partial charge in [0.15, 0.2) is 0 Å². The van der Waals surface area contributed by atoms with Crippen molar-refractivity contribution in [3.05, 3.63) is 28.2 Å². The standard InChI is InChI=1S/C10H12BrNO4/c11-7-1-6(2-8(12)3-7)10(15)16-5-9(14)4-13/h1-3,9,13-14H,4-5,12H2. The number of halogens is 1. The number of ether oxygens (including phenoxy) is 1. The van der Waals surface area contributed by atoms with E-state index in [1.807, 2.05) is 0 Å². The van der Waals surface area contributed by atoms with Crippen molar-refractivity contribution < 1.29 is 19.7 Å². The Labute approximate surface area is 101 Å². The molecule has 0 heterocycles. The van der Waals surface area contributed by atoms with E-state index in [4.69, 9.17) is 20.7 Å². The Balaban J connectivity index is 2.66. The van der Waals surface area contributed by atoms with Gasteiger partial charge in [-0.1, -0.05) is 15.9 Å². The summed E-state index contributed by atoms with van der Waals surface area (Å²) in [4.78, 5) is 11.5. The Bertz CT molecular complexity index is 363. The number of aliphatic hydroxyl groups excluding tert-OH is 2. The van der Waals surface area contributed by atoms with Gasteiger partial charge in [-0.05, 0) is 18.2 Å². The summed E-state index contributed by atoms with van der Waals surface area (Å²) in [6.07, 6.45) is -1.06. The smallest absolute Gasteiger partial charge is 0.338 e. The van der Waals surface area contributed by atoms with Gasteiger partial charge in [0.1, 0.15) is 12.7 Å². The van der Waals surface area contributed by atoms with Gasteiger partial charge in [-0.15, -0.1) is 0 Å². The van der Waals surface area contributed by atoms with Crippen LogP contribution in [0, 0.1) is 0 Å². The van der Waals surface area contributed by atoms with Crippen molar-refractivity contribution in [2.75, 3.05) is 18.9 Å². The number of nitrogen functional groups attached to an aromatic ring is 1. The zero-order chi connectivity index (χ0) is 12.1. The van der Waals surface area contributed by atoms with E-state index in [0.29, 0.717) is 10.2 Å². The lowest BCUT2D eigenvalue weighted by Crippen LogP contribution is -2.22. The first-order chi connectivity index (χ1) is 7.52. The Hall–Kier alpha value is -1.11. The van der Waals surface area contributed by atoms with Gasteiger partial charge in [-0.2, -0.15) is 0 Å². The quantitative estimate of drug-likeness (QED) is 0.556. The van der Waals surface area contributed by atoms with E-state index in [1.165, 1.54) is 6.07 Å². The van der Waals surface area contributed by atoms with Gasteiger partial charge < -0.3 is 20.7 Å². The molecule has 0 fully saturated rings. The Morgan fingerprint density at radius 1 is 1.50 bits per heavy atom.